The molecule has 0 fully saturated rings. The minimum Gasteiger partial charge on any atom is -1.00 e. The van der Waals surface area contributed by atoms with Gasteiger partial charge in [0.05, 0.1) is 0 Å². The second kappa shape index (κ2) is 72.8. The normalized spacial score (nSPS) is 0. The van der Waals surface area contributed by atoms with Gasteiger partial charge in [-0.15, -0.1) is 49.6 Å². The van der Waals surface area contributed by atoms with E-state index in [-0.39, 0.29) is 134 Å². The molecule has 0 saturated carbocycles. The van der Waals surface area contributed by atoms with Crippen molar-refractivity contribution in [2.24, 2.45) is 0 Å². The van der Waals surface area contributed by atoms with Crippen LogP contribution in [0.15, 0.2) is 0 Å². The van der Waals surface area contributed by atoms with Gasteiger partial charge in [-0.3, -0.25) is 0 Å². The van der Waals surface area contributed by atoms with Crippen LogP contribution in [0.1, 0.15) is 0 Å². The zero-order valence-electron chi connectivity index (χ0n) is 4.39. The zero-order chi connectivity index (χ0) is 0. The maximum atomic E-state index is 0. The van der Waals surface area contributed by atoms with E-state index in [1.54, 1.807) is 0 Å². The Hall–Kier alpha value is 3.74. The fourth-order valence-corrected chi connectivity index (χ4v) is 0. The minimum absolute atomic E-state index is 0. The van der Waals surface area contributed by atoms with E-state index in [9.17, 15) is 0 Å². The average molecular weight is 263 g/mol. The monoisotopic (exact) mass is 260 g/mol. The molecule has 8 heavy (non-hydrogen) atoms. The summed E-state index contributed by atoms with van der Waals surface area (Å²) in [5, 5.41) is 0. The van der Waals surface area contributed by atoms with Gasteiger partial charge in [0.2, 0.25) is 0 Å². The molecule has 0 aliphatic carbocycles. The Morgan fingerprint density at radius 1 is 0.375 bits per heavy atom. The molecule has 0 aliphatic heterocycles. The maximum absolute atomic E-state index is 0. The van der Waals surface area contributed by atoms with Crippen molar-refractivity contribution in [3.8, 4) is 0 Å². The van der Waals surface area contributed by atoms with Crippen molar-refractivity contribution < 1.29 is 83.9 Å². The number of rotatable bonds is 0. The summed E-state index contributed by atoms with van der Waals surface area (Å²) >= 11 is 0. The topological polar surface area (TPSA) is 0 Å². The Balaban J connectivity index is 0. The van der Waals surface area contributed by atoms with Gasteiger partial charge in [-0.05, 0) is 0 Å². The van der Waals surface area contributed by atoms with Crippen LogP contribution in [-0.4, -0.2) is 0 Å². The molecule has 0 aromatic carbocycles. The fraction of sp³-hybridized carbons (Fsp3) is 0. The maximum Gasteiger partial charge on any atom is 1.00 e. The molecule has 0 amide bonds. The number of hydrogen-bond acceptors (Lipinski definition) is 0. The average Bonchev–Trinajstić information content (AvgIpc) is 0. The number of halogens is 6. The molecule has 0 rings (SSSR count). The van der Waals surface area contributed by atoms with Crippen LogP contribution in [-0.2, 0) is 0 Å². The summed E-state index contributed by atoms with van der Waals surface area (Å²) < 4.78 is 0. The molecule has 0 saturated heterocycles. The van der Waals surface area contributed by atoms with E-state index in [2.05, 4.69) is 0 Å². The van der Waals surface area contributed by atoms with Gasteiger partial charge >= 0.3 is 59.1 Å². The summed E-state index contributed by atoms with van der Waals surface area (Å²) in [4.78, 5) is 0. The minimum atomic E-state index is 0. The molecule has 48 valence electrons. The summed E-state index contributed by atoms with van der Waals surface area (Å²) in [5.41, 5.74) is 0. The molecule has 0 atom stereocenters. The van der Waals surface area contributed by atoms with Crippen molar-refractivity contribution in [3.05, 3.63) is 0 Å². The zero-order valence-corrected chi connectivity index (χ0v) is 13.2. The first kappa shape index (κ1) is 96.8. The molecular formula is H4Cl6Na2. The van der Waals surface area contributed by atoms with Crippen LogP contribution in [0.2, 0.25) is 0 Å². The van der Waals surface area contributed by atoms with Crippen LogP contribution < -0.4 is 83.9 Å². The first-order valence-corrected chi connectivity index (χ1v) is 0. The third-order valence-corrected chi connectivity index (χ3v) is 0. The quantitative estimate of drug-likeness (QED) is 0.381. The van der Waals surface area contributed by atoms with Crippen LogP contribution in [0.4, 0.5) is 0 Å². The molecule has 0 N–H and O–H groups in total. The van der Waals surface area contributed by atoms with E-state index in [1.807, 2.05) is 0 Å². The summed E-state index contributed by atoms with van der Waals surface area (Å²) in [7, 11) is 0. The Labute approximate surface area is 131 Å². The first-order chi connectivity index (χ1) is 0. The van der Waals surface area contributed by atoms with Crippen molar-refractivity contribution in [1.82, 2.24) is 0 Å². The molecule has 0 heterocycles. The van der Waals surface area contributed by atoms with Gasteiger partial charge in [0.15, 0.2) is 0 Å². The van der Waals surface area contributed by atoms with Crippen molar-refractivity contribution in [2.45, 2.75) is 0 Å². The van der Waals surface area contributed by atoms with Gasteiger partial charge in [0.25, 0.3) is 0 Å². The predicted molar refractivity (Wildman–Crippen MR) is 29.0 cm³/mol. The van der Waals surface area contributed by atoms with E-state index < -0.39 is 0 Å². The second-order valence-electron chi connectivity index (χ2n) is 0. The van der Waals surface area contributed by atoms with Crippen LogP contribution in [0.25, 0.3) is 0 Å². The molecule has 0 bridgehead atoms. The molecule has 0 aromatic rings. The Bertz CT molecular complexity index is 6.49. The van der Waals surface area contributed by atoms with E-state index in [4.69, 9.17) is 0 Å². The van der Waals surface area contributed by atoms with Gasteiger partial charge in [0, 0.05) is 0 Å². The van der Waals surface area contributed by atoms with Crippen LogP contribution in [0, 0.1) is 0 Å². The van der Waals surface area contributed by atoms with Crippen molar-refractivity contribution in [1.29, 1.82) is 0 Å². The Morgan fingerprint density at radius 2 is 0.375 bits per heavy atom. The molecule has 8 heteroatoms. The van der Waals surface area contributed by atoms with Crippen LogP contribution >= 0.6 is 49.6 Å². The first-order valence-electron chi connectivity index (χ1n) is 0. The summed E-state index contributed by atoms with van der Waals surface area (Å²) in [5.74, 6) is 0. The van der Waals surface area contributed by atoms with Crippen LogP contribution in [0.5, 0.6) is 0 Å². The molecule has 0 radical (unpaired) electrons. The third-order valence-electron chi connectivity index (χ3n) is 0. The van der Waals surface area contributed by atoms with Gasteiger partial charge in [-0.25, -0.2) is 0 Å². The molecular weight excluding hydrogens is 259 g/mol. The van der Waals surface area contributed by atoms with E-state index >= 15 is 0 Å². The van der Waals surface area contributed by atoms with Gasteiger partial charge in [-0.2, -0.15) is 0 Å². The van der Waals surface area contributed by atoms with Gasteiger partial charge < -0.3 is 24.8 Å². The standard InChI is InChI=1S/6ClH.2Na/h6*1H;;/q;;;;;;2*+1/p-2. The van der Waals surface area contributed by atoms with Crippen molar-refractivity contribution >= 4 is 49.6 Å². The fourth-order valence-electron chi connectivity index (χ4n) is 0. The van der Waals surface area contributed by atoms with Crippen molar-refractivity contribution in [3.63, 3.8) is 0 Å². The van der Waals surface area contributed by atoms with Gasteiger partial charge in [-0.1, -0.05) is 0 Å². The molecule has 0 nitrogen and oxygen atoms in total. The summed E-state index contributed by atoms with van der Waals surface area (Å²) in [6.45, 7) is 0. The van der Waals surface area contributed by atoms with E-state index in [0.29, 0.717) is 0 Å². The summed E-state index contributed by atoms with van der Waals surface area (Å²) in [6.07, 6.45) is 0. The Kier molecular flexibility index (Phi) is 882. The summed E-state index contributed by atoms with van der Waals surface area (Å²) in [6, 6.07) is 0. The Morgan fingerprint density at radius 3 is 0.375 bits per heavy atom. The van der Waals surface area contributed by atoms with E-state index in [0.717, 1.165) is 0 Å². The number of hydrogen-bond donors (Lipinski definition) is 0. The third kappa shape index (κ3) is 53.2. The van der Waals surface area contributed by atoms with Gasteiger partial charge in [0.1, 0.15) is 0 Å². The van der Waals surface area contributed by atoms with Crippen LogP contribution in [0.3, 0.4) is 0 Å². The van der Waals surface area contributed by atoms with E-state index in [1.165, 1.54) is 0 Å². The smallest absolute Gasteiger partial charge is 1.00 e. The second-order valence-corrected chi connectivity index (χ2v) is 0. The molecule has 0 aliphatic rings. The molecule has 0 spiro atoms. The van der Waals surface area contributed by atoms with Crippen molar-refractivity contribution in [2.75, 3.05) is 0 Å². The predicted octanol–water partition coefficient (Wildman–Crippen LogP) is -10.3. The SMILES string of the molecule is Cl.Cl.Cl.Cl.[Cl-].[Cl-].[Na+].[Na+]. The molecule has 0 aromatic heterocycles. The largest absolute Gasteiger partial charge is 1.00 e. The molecule has 0 unspecified atom stereocenters.